The van der Waals surface area contributed by atoms with Crippen LogP contribution in [0.4, 0.5) is 5.69 Å². The zero-order valence-corrected chi connectivity index (χ0v) is 15.2. The lowest BCUT2D eigenvalue weighted by molar-refractivity contribution is -0.116. The van der Waals surface area contributed by atoms with Crippen molar-refractivity contribution in [3.05, 3.63) is 53.5 Å². The van der Waals surface area contributed by atoms with Crippen molar-refractivity contribution in [2.75, 3.05) is 5.32 Å². The second-order valence-electron chi connectivity index (χ2n) is 6.18. The predicted octanol–water partition coefficient (Wildman–Crippen LogP) is 3.55. The lowest BCUT2D eigenvalue weighted by atomic mass is 10.3. The van der Waals surface area contributed by atoms with Gasteiger partial charge in [0.1, 0.15) is 0 Å². The first-order valence-electron chi connectivity index (χ1n) is 7.91. The third-order valence-electron chi connectivity index (χ3n) is 4.44. The molecule has 0 bridgehead atoms. The molecule has 0 spiro atoms. The molecule has 5 nitrogen and oxygen atoms in total. The number of fused-ring (bicyclic) bond motifs is 1. The fourth-order valence-electron chi connectivity index (χ4n) is 2.92. The standard InChI is InChI=1S/C18H16N2O3S2/c1-12-19-15-8-7-13(11-16(15)24-12)20-17(21)18(9-10-18)25(22,23)14-5-3-2-4-6-14/h2-8,11H,9-10H2,1H3,(H,20,21). The summed E-state index contributed by atoms with van der Waals surface area (Å²) in [4.78, 5) is 17.3. The Bertz CT molecular complexity index is 1070. The SMILES string of the molecule is Cc1nc2ccc(NC(=O)C3(S(=O)(=O)c4ccccc4)CC3)cc2s1. The van der Waals surface area contributed by atoms with Gasteiger partial charge in [-0.1, -0.05) is 18.2 Å². The van der Waals surface area contributed by atoms with Crippen LogP contribution in [0, 0.1) is 6.92 Å². The van der Waals surface area contributed by atoms with Crippen molar-refractivity contribution in [3.63, 3.8) is 0 Å². The van der Waals surface area contributed by atoms with Crippen molar-refractivity contribution in [1.82, 2.24) is 4.98 Å². The minimum Gasteiger partial charge on any atom is -0.325 e. The lowest BCUT2D eigenvalue weighted by Crippen LogP contribution is -2.37. The molecule has 0 unspecified atom stereocenters. The third kappa shape index (κ3) is 2.63. The highest BCUT2D eigenvalue weighted by Gasteiger charge is 2.61. The van der Waals surface area contributed by atoms with Gasteiger partial charge in [0.2, 0.25) is 5.91 Å². The molecule has 128 valence electrons. The van der Waals surface area contributed by atoms with Gasteiger partial charge in [-0.3, -0.25) is 4.79 Å². The number of aryl methyl sites for hydroxylation is 1. The molecule has 0 radical (unpaired) electrons. The summed E-state index contributed by atoms with van der Waals surface area (Å²) < 4.78 is 25.4. The van der Waals surface area contributed by atoms with Gasteiger partial charge in [0.05, 0.1) is 20.1 Å². The normalized spacial score (nSPS) is 15.9. The van der Waals surface area contributed by atoms with E-state index in [-0.39, 0.29) is 4.90 Å². The molecular weight excluding hydrogens is 356 g/mol. The number of amides is 1. The summed E-state index contributed by atoms with van der Waals surface area (Å²) in [5.41, 5.74) is 1.47. The Morgan fingerprint density at radius 2 is 1.88 bits per heavy atom. The summed E-state index contributed by atoms with van der Waals surface area (Å²) in [6.45, 7) is 1.93. The molecule has 1 aromatic heterocycles. The summed E-state index contributed by atoms with van der Waals surface area (Å²) in [7, 11) is -3.71. The summed E-state index contributed by atoms with van der Waals surface area (Å²) in [5.74, 6) is -0.461. The van der Waals surface area contributed by atoms with Gasteiger partial charge < -0.3 is 5.32 Å². The van der Waals surface area contributed by atoms with E-state index in [0.29, 0.717) is 18.5 Å². The Kier molecular flexibility index (Phi) is 3.66. The zero-order chi connectivity index (χ0) is 17.7. The Labute approximate surface area is 149 Å². The molecule has 0 saturated heterocycles. The highest BCUT2D eigenvalue weighted by Crippen LogP contribution is 2.47. The van der Waals surface area contributed by atoms with E-state index in [2.05, 4.69) is 10.3 Å². The number of hydrogen-bond donors (Lipinski definition) is 1. The molecule has 2 aromatic carbocycles. The number of nitrogens with zero attached hydrogens (tertiary/aromatic N) is 1. The molecule has 1 heterocycles. The number of sulfone groups is 1. The summed E-state index contributed by atoms with van der Waals surface area (Å²) in [6.07, 6.45) is 0.690. The van der Waals surface area contributed by atoms with Gasteiger partial charge in [-0.25, -0.2) is 13.4 Å². The second kappa shape index (κ2) is 5.64. The molecular formula is C18H16N2O3S2. The summed E-state index contributed by atoms with van der Waals surface area (Å²) in [5, 5.41) is 3.73. The van der Waals surface area contributed by atoms with Crippen LogP contribution < -0.4 is 5.32 Å². The largest absolute Gasteiger partial charge is 0.325 e. The Morgan fingerprint density at radius 1 is 1.16 bits per heavy atom. The molecule has 1 N–H and O–H groups in total. The van der Waals surface area contributed by atoms with E-state index >= 15 is 0 Å². The zero-order valence-electron chi connectivity index (χ0n) is 13.5. The molecule has 1 aliphatic carbocycles. The van der Waals surface area contributed by atoms with Crippen molar-refractivity contribution >= 4 is 43.0 Å². The van der Waals surface area contributed by atoms with Gasteiger partial charge in [0.15, 0.2) is 14.6 Å². The monoisotopic (exact) mass is 372 g/mol. The van der Waals surface area contributed by atoms with Crippen LogP contribution in [0.1, 0.15) is 17.8 Å². The first kappa shape index (κ1) is 16.2. The molecule has 0 aliphatic heterocycles. The van der Waals surface area contributed by atoms with E-state index in [0.717, 1.165) is 15.2 Å². The predicted molar refractivity (Wildman–Crippen MR) is 98.6 cm³/mol. The first-order valence-corrected chi connectivity index (χ1v) is 10.2. The topological polar surface area (TPSA) is 76.1 Å². The number of thiazole rings is 1. The fraction of sp³-hybridized carbons (Fsp3) is 0.222. The number of carbonyl (C=O) groups excluding carboxylic acids is 1. The maximum Gasteiger partial charge on any atom is 0.246 e. The highest BCUT2D eigenvalue weighted by atomic mass is 32.2. The van der Waals surface area contributed by atoms with Gasteiger partial charge >= 0.3 is 0 Å². The lowest BCUT2D eigenvalue weighted by Gasteiger charge is -2.16. The number of nitrogens with one attached hydrogen (secondary N) is 1. The Hall–Kier alpha value is -2.25. The van der Waals surface area contributed by atoms with Crippen molar-refractivity contribution in [2.45, 2.75) is 29.4 Å². The van der Waals surface area contributed by atoms with Gasteiger partial charge in [-0.15, -0.1) is 11.3 Å². The van der Waals surface area contributed by atoms with E-state index < -0.39 is 20.5 Å². The van der Waals surface area contributed by atoms with E-state index in [1.165, 1.54) is 23.5 Å². The molecule has 3 aromatic rings. The molecule has 4 rings (SSSR count). The average molecular weight is 372 g/mol. The van der Waals surface area contributed by atoms with E-state index in [1.54, 1.807) is 24.3 Å². The Morgan fingerprint density at radius 3 is 2.56 bits per heavy atom. The first-order chi connectivity index (χ1) is 11.9. The minimum atomic E-state index is -3.71. The number of carbonyl (C=O) groups is 1. The van der Waals surface area contributed by atoms with Crippen molar-refractivity contribution in [2.24, 2.45) is 0 Å². The molecule has 1 fully saturated rings. The average Bonchev–Trinajstić information content (AvgIpc) is 3.33. The molecule has 25 heavy (non-hydrogen) atoms. The number of hydrogen-bond acceptors (Lipinski definition) is 5. The fourth-order valence-corrected chi connectivity index (χ4v) is 5.69. The van der Waals surface area contributed by atoms with Crippen LogP contribution >= 0.6 is 11.3 Å². The van der Waals surface area contributed by atoms with Gasteiger partial charge in [0, 0.05) is 5.69 Å². The number of aromatic nitrogens is 1. The van der Waals surface area contributed by atoms with Crippen molar-refractivity contribution in [3.8, 4) is 0 Å². The quantitative estimate of drug-likeness (QED) is 0.760. The smallest absolute Gasteiger partial charge is 0.246 e. The third-order valence-corrected chi connectivity index (χ3v) is 7.89. The molecule has 1 aliphatic rings. The maximum absolute atomic E-state index is 12.9. The van der Waals surface area contributed by atoms with Crippen LogP contribution in [0.15, 0.2) is 53.4 Å². The van der Waals surface area contributed by atoms with Crippen molar-refractivity contribution in [1.29, 1.82) is 0 Å². The van der Waals surface area contributed by atoms with Crippen LogP contribution in [-0.2, 0) is 14.6 Å². The van der Waals surface area contributed by atoms with E-state index in [9.17, 15) is 13.2 Å². The molecule has 0 atom stereocenters. The number of anilines is 1. The molecule has 1 saturated carbocycles. The second-order valence-corrected chi connectivity index (χ2v) is 9.67. The van der Waals surface area contributed by atoms with Gasteiger partial charge in [-0.2, -0.15) is 0 Å². The van der Waals surface area contributed by atoms with Crippen LogP contribution in [0.25, 0.3) is 10.2 Å². The van der Waals surface area contributed by atoms with E-state index in [1.807, 2.05) is 19.1 Å². The number of benzene rings is 2. The van der Waals surface area contributed by atoms with Crippen LogP contribution in [-0.4, -0.2) is 24.1 Å². The summed E-state index contributed by atoms with van der Waals surface area (Å²) >= 11 is 1.54. The Balaban J connectivity index is 1.63. The maximum atomic E-state index is 12.9. The van der Waals surface area contributed by atoms with Crippen LogP contribution in [0.5, 0.6) is 0 Å². The van der Waals surface area contributed by atoms with Crippen LogP contribution in [0.3, 0.4) is 0 Å². The minimum absolute atomic E-state index is 0.191. The van der Waals surface area contributed by atoms with Gasteiger partial charge in [-0.05, 0) is 50.1 Å². The number of rotatable bonds is 4. The van der Waals surface area contributed by atoms with Gasteiger partial charge in [0.25, 0.3) is 0 Å². The van der Waals surface area contributed by atoms with Crippen molar-refractivity contribution < 1.29 is 13.2 Å². The molecule has 1 amide bonds. The van der Waals surface area contributed by atoms with Crippen LogP contribution in [0.2, 0.25) is 0 Å². The van der Waals surface area contributed by atoms with E-state index in [4.69, 9.17) is 0 Å². The molecule has 7 heteroatoms. The highest BCUT2D eigenvalue weighted by molar-refractivity contribution is 7.94. The summed E-state index contributed by atoms with van der Waals surface area (Å²) in [6, 6.07) is 13.6.